The smallest absolute Gasteiger partial charge is 0.468 e. The average molecular weight is 1580 g/mol. The first kappa shape index (κ1) is 80.4. The van der Waals surface area contributed by atoms with Gasteiger partial charge in [0.2, 0.25) is 41.1 Å². The summed E-state index contributed by atoms with van der Waals surface area (Å²) in [6, 6.07) is 32.1. The summed E-state index contributed by atoms with van der Waals surface area (Å²) in [5.41, 5.74) is 6.96. The molecule has 7 aliphatic rings. The van der Waals surface area contributed by atoms with E-state index in [-0.39, 0.29) is 59.0 Å². The maximum atomic E-state index is 15.0. The number of fused-ring (bicyclic) bond motifs is 7. The second-order valence-corrected chi connectivity index (χ2v) is 25.5. The zero-order valence-electron chi connectivity index (χ0n) is 57.2. The number of nitro benzene ring substituents is 2. The predicted molar refractivity (Wildman–Crippen MR) is 380 cm³/mol. The van der Waals surface area contributed by atoms with Gasteiger partial charge in [0.05, 0.1) is 82.1 Å². The van der Waals surface area contributed by atoms with Crippen molar-refractivity contribution in [3.63, 3.8) is 0 Å². The number of rotatable bonds is 7. The molecule has 3 saturated carbocycles. The number of benzene rings is 7. The highest BCUT2D eigenvalue weighted by Gasteiger charge is 2.60. The molecule has 3 fully saturated rings. The number of methoxy groups -OCH3 is 2. The van der Waals surface area contributed by atoms with Gasteiger partial charge in [0, 0.05) is 57.1 Å². The normalized spacial score (nSPS) is 14.5. The Morgan fingerprint density at radius 1 is 0.541 bits per heavy atom. The highest BCUT2D eigenvalue weighted by atomic mass is 79.9. The minimum atomic E-state index is -1.84. The van der Waals surface area contributed by atoms with E-state index in [0.29, 0.717) is 90.8 Å². The minimum Gasteiger partial charge on any atom is -0.468 e. The SMILES string of the molecule is COC(=O)C(C(=O)OC)c1c(F)cccc1[N+](=O)[O-].Nc1cccc(F)c1F.O=C1Cc2c(F)cccc2N1.O=C1Nc2ccc(Br)c(F)c2C12CC2.O=C1Nc2cccc(F)c2C12CC2.O=[N+]([O-])c1cccc(F)c1F.[C-]#[N+]c1ccc(-c2ccc3c(c2F)C2(CC2)C(=O)N3)n1C.[C-]#[N+]c1ccc(B(O)O)n1C. The quantitative estimate of drug-likeness (QED) is 0.0114. The largest absolute Gasteiger partial charge is 0.529 e. The molecule has 36 heteroatoms. The lowest BCUT2D eigenvalue weighted by molar-refractivity contribution is -0.387. The molecule has 0 bridgehead atoms. The number of halogens is 10. The van der Waals surface area contributed by atoms with Gasteiger partial charge in [-0.1, -0.05) is 43.5 Å². The van der Waals surface area contributed by atoms with Crippen molar-refractivity contribution >= 4 is 116 Å². The number of aromatic nitrogens is 2. The van der Waals surface area contributed by atoms with Gasteiger partial charge in [-0.25, -0.2) is 35.1 Å². The monoisotopic (exact) mass is 1570 g/mol. The molecule has 9 aromatic rings. The summed E-state index contributed by atoms with van der Waals surface area (Å²) in [7, 11) is 3.81. The number of nitrogens with one attached hydrogen (secondary N) is 4. The van der Waals surface area contributed by atoms with Crippen LogP contribution in [0.1, 0.15) is 72.3 Å². The fraction of sp³-hybridized carbons (Fsp3) is 0.205. The van der Waals surface area contributed by atoms with E-state index in [1.54, 1.807) is 85.4 Å². The second-order valence-electron chi connectivity index (χ2n) is 24.7. The molecule has 7 aromatic carbocycles. The Kier molecular flexibility index (Phi) is 24.4. The Labute approximate surface area is 620 Å². The van der Waals surface area contributed by atoms with Gasteiger partial charge in [0.25, 0.3) is 5.69 Å². The summed E-state index contributed by atoms with van der Waals surface area (Å²) in [6.07, 6.45) is 4.67. The summed E-state index contributed by atoms with van der Waals surface area (Å²) >= 11 is 3.13. The van der Waals surface area contributed by atoms with Gasteiger partial charge in [-0.3, -0.25) is 53.6 Å². The molecule has 2 aromatic heterocycles. The molecule has 4 aliphatic heterocycles. The van der Waals surface area contributed by atoms with Gasteiger partial charge < -0.3 is 60.8 Å². The Morgan fingerprint density at radius 2 is 0.982 bits per heavy atom. The number of nitro groups is 2. The molecular formula is C73H58BBrF9N11O14. The molecular weight excluding hydrogens is 1520 g/mol. The van der Waals surface area contributed by atoms with E-state index in [0.717, 1.165) is 82.4 Å². The summed E-state index contributed by atoms with van der Waals surface area (Å²) in [5.74, 6) is -10.3. The van der Waals surface area contributed by atoms with Gasteiger partial charge in [-0.05, 0) is 152 Å². The number of carbonyl (C=O) groups excluding carboxylic acids is 6. The van der Waals surface area contributed by atoms with Crippen molar-refractivity contribution in [1.29, 1.82) is 0 Å². The first-order valence-corrected chi connectivity index (χ1v) is 32.9. The lowest BCUT2D eigenvalue weighted by atomic mass is 9.86. The number of hydrogen-bond acceptors (Lipinski definition) is 15. The maximum Gasteiger partial charge on any atom is 0.529 e. The Hall–Kier alpha value is -12.7. The third-order valence-corrected chi connectivity index (χ3v) is 18.8. The lowest BCUT2D eigenvalue weighted by Crippen LogP contribution is -2.34. The van der Waals surface area contributed by atoms with Crippen LogP contribution in [0.4, 0.5) is 91.0 Å². The molecule has 8 N–H and O–H groups in total. The minimum absolute atomic E-state index is 0.0346. The number of esters is 2. The van der Waals surface area contributed by atoms with Crippen LogP contribution in [0.3, 0.4) is 0 Å². The van der Waals surface area contributed by atoms with Crippen molar-refractivity contribution in [3.8, 4) is 11.3 Å². The highest BCUT2D eigenvalue weighted by molar-refractivity contribution is 9.10. The summed E-state index contributed by atoms with van der Waals surface area (Å²) in [4.78, 5) is 94.4. The van der Waals surface area contributed by atoms with E-state index in [2.05, 4.69) is 56.4 Å². The van der Waals surface area contributed by atoms with Crippen molar-refractivity contribution < 1.29 is 97.6 Å². The van der Waals surface area contributed by atoms with E-state index in [1.165, 1.54) is 34.9 Å². The van der Waals surface area contributed by atoms with Crippen LogP contribution in [0.5, 0.6) is 0 Å². The van der Waals surface area contributed by atoms with Gasteiger partial charge in [0.1, 0.15) is 40.4 Å². The summed E-state index contributed by atoms with van der Waals surface area (Å²) < 4.78 is 130. The fourth-order valence-electron chi connectivity index (χ4n) is 12.1. The topological polar surface area (TPSA) is 340 Å². The van der Waals surface area contributed by atoms with E-state index in [1.807, 2.05) is 0 Å². The van der Waals surface area contributed by atoms with Crippen LogP contribution in [-0.4, -0.2) is 85.9 Å². The molecule has 16 rings (SSSR count). The molecule has 3 aliphatic carbocycles. The number of nitrogens with two attached hydrogens (primary N) is 1. The van der Waals surface area contributed by atoms with Crippen molar-refractivity contribution in [1.82, 2.24) is 9.13 Å². The molecule has 0 saturated heterocycles. The Bertz CT molecular complexity index is 5230. The van der Waals surface area contributed by atoms with E-state index in [9.17, 15) is 88.5 Å². The maximum absolute atomic E-state index is 15.0. The number of hydrogen-bond donors (Lipinski definition) is 7. The molecule has 0 radical (unpaired) electrons. The van der Waals surface area contributed by atoms with Gasteiger partial charge >= 0.3 is 24.7 Å². The third-order valence-electron chi connectivity index (χ3n) is 18.2. The van der Waals surface area contributed by atoms with Crippen molar-refractivity contribution in [3.05, 3.63) is 267 Å². The number of amides is 4. The van der Waals surface area contributed by atoms with Crippen LogP contribution in [0.25, 0.3) is 20.9 Å². The second kappa shape index (κ2) is 33.0. The van der Waals surface area contributed by atoms with Crippen molar-refractivity contribution in [2.24, 2.45) is 14.1 Å². The number of carbonyl (C=O) groups is 6. The molecule has 0 atom stereocenters. The van der Waals surface area contributed by atoms with Crippen LogP contribution < -0.4 is 32.6 Å². The predicted octanol–water partition coefficient (Wildman–Crippen LogP) is 12.9. The molecule has 3 spiro atoms. The number of ether oxygens (including phenoxy) is 2. The number of nitrogen functional groups attached to an aromatic ring is 1. The third kappa shape index (κ3) is 16.5. The average Bonchev–Trinajstić information content (AvgIpc) is 1.56. The van der Waals surface area contributed by atoms with Crippen LogP contribution in [-0.2, 0) is 75.0 Å². The first-order chi connectivity index (χ1) is 51.7. The first-order valence-electron chi connectivity index (χ1n) is 32.1. The molecule has 109 heavy (non-hydrogen) atoms. The highest BCUT2D eigenvalue weighted by Crippen LogP contribution is 2.59. The number of anilines is 5. The standard InChI is InChI=1S/C16H12FN3O.C11H10FNO6.C10H7BrFNO.C10H8FNO.C8H6FNO.C6H7BN2O2.C6H3F2NO2.C6H5F2N/c1-18-12-6-5-11(20(12)2)9-3-4-10-13(14(9)17)16(7-8-16)15(21)19-10;1-18-10(14)9(11(15)19-2)8-6(12)4-3-5-7(8)13(16)17;11-5-1-2-6-7(8(5)12)10(3-4-10)9(14)13-6;11-6-2-1-3-7-8(6)10(4-5-10)9(13)12-7;9-6-2-1-3-7-5(6)4-8(11)10-7;1-8-6-4-3-5(7(10)11)9(6)2;7-4-2-1-3-5(6(4)8)9(10)11;7-4-2-1-3-5(9)6(4)8/h3-6H,7-8H2,2H3,(H,19,21);3-5,9H,1-2H3;1-2H,3-4H2,(H,13,14);1-3H,4-5H2,(H,12,13);1-3H,4H2,(H,10,11);3-4,10-11H,2H3;1-3H;1-3H,9H2. The molecule has 562 valence electrons. The fourth-order valence-corrected chi connectivity index (χ4v) is 12.5. The summed E-state index contributed by atoms with van der Waals surface area (Å²) in [6.45, 7) is 13.8. The van der Waals surface area contributed by atoms with Gasteiger partial charge in [-0.2, -0.15) is 4.39 Å². The van der Waals surface area contributed by atoms with Crippen molar-refractivity contribution in [2.75, 3.05) is 41.2 Å². The molecule has 25 nitrogen and oxygen atoms in total. The van der Waals surface area contributed by atoms with Gasteiger partial charge in [-0.15, -0.1) is 0 Å². The van der Waals surface area contributed by atoms with Crippen molar-refractivity contribution in [2.45, 2.75) is 67.1 Å². The van der Waals surface area contributed by atoms with Crippen LogP contribution >= 0.6 is 15.9 Å². The molecule has 4 amide bonds. The van der Waals surface area contributed by atoms with Crippen LogP contribution in [0.2, 0.25) is 0 Å². The van der Waals surface area contributed by atoms with Gasteiger partial charge in [0.15, 0.2) is 23.4 Å². The zero-order valence-corrected chi connectivity index (χ0v) is 58.8. The lowest BCUT2D eigenvalue weighted by Gasteiger charge is -2.13. The van der Waals surface area contributed by atoms with Crippen LogP contribution in [0, 0.1) is 85.7 Å². The van der Waals surface area contributed by atoms with E-state index >= 15 is 0 Å². The Balaban J connectivity index is 0.000000146. The summed E-state index contributed by atoms with van der Waals surface area (Å²) in [5, 5.41) is 49.1. The van der Waals surface area contributed by atoms with E-state index in [4.69, 9.17) is 28.9 Å². The van der Waals surface area contributed by atoms with E-state index < -0.39 is 97.1 Å². The molecule has 6 heterocycles. The zero-order chi connectivity index (χ0) is 79.9. The van der Waals surface area contributed by atoms with Crippen LogP contribution in [0.15, 0.2) is 144 Å². The number of nitrogens with zero attached hydrogens (tertiary/aromatic N) is 6. The molecule has 0 unspecified atom stereocenters. The Morgan fingerprint density at radius 3 is 1.44 bits per heavy atom.